The Morgan fingerprint density at radius 3 is 2.30 bits per heavy atom. The molecule has 1 unspecified atom stereocenters. The van der Waals surface area contributed by atoms with Crippen LogP contribution >= 0.6 is 0 Å². The van der Waals surface area contributed by atoms with E-state index in [1.807, 2.05) is 51.1 Å². The molecular weight excluding hydrogens is 248 g/mol. The molecule has 2 nitrogen and oxygen atoms in total. The first-order chi connectivity index (χ1) is 9.52. The van der Waals surface area contributed by atoms with Crippen molar-refractivity contribution in [1.82, 2.24) is 0 Å². The van der Waals surface area contributed by atoms with Crippen molar-refractivity contribution in [3.63, 3.8) is 0 Å². The standard InChI is InChI=1S/C18H22O2/c1-12-8-9-17(20-4)15(10-12)11-16(19)18-13(2)6-5-7-14(18)3/h5-10,16,19H,11H2,1-4H3. The quantitative estimate of drug-likeness (QED) is 0.913. The van der Waals surface area contributed by atoms with Gasteiger partial charge in [0.25, 0.3) is 0 Å². The maximum atomic E-state index is 10.6. The molecule has 106 valence electrons. The third kappa shape index (κ3) is 3.02. The van der Waals surface area contributed by atoms with E-state index in [1.165, 1.54) is 5.56 Å². The van der Waals surface area contributed by atoms with Gasteiger partial charge in [0.2, 0.25) is 0 Å². The molecule has 0 fully saturated rings. The van der Waals surface area contributed by atoms with E-state index in [1.54, 1.807) is 7.11 Å². The summed E-state index contributed by atoms with van der Waals surface area (Å²) in [5.41, 5.74) is 5.50. The molecule has 0 heterocycles. The van der Waals surface area contributed by atoms with Gasteiger partial charge in [-0.1, -0.05) is 35.9 Å². The monoisotopic (exact) mass is 270 g/mol. The van der Waals surface area contributed by atoms with Gasteiger partial charge in [0.15, 0.2) is 0 Å². The first kappa shape index (κ1) is 14.6. The molecule has 0 saturated heterocycles. The molecule has 2 heteroatoms. The van der Waals surface area contributed by atoms with Crippen LogP contribution in [0.2, 0.25) is 0 Å². The highest BCUT2D eigenvalue weighted by Crippen LogP contribution is 2.29. The van der Waals surface area contributed by atoms with Crippen molar-refractivity contribution < 1.29 is 9.84 Å². The number of benzene rings is 2. The summed E-state index contributed by atoms with van der Waals surface area (Å²) in [7, 11) is 1.67. The van der Waals surface area contributed by atoms with E-state index in [4.69, 9.17) is 4.74 Å². The topological polar surface area (TPSA) is 29.5 Å². The fourth-order valence-corrected chi connectivity index (χ4v) is 2.73. The lowest BCUT2D eigenvalue weighted by Crippen LogP contribution is -2.07. The van der Waals surface area contributed by atoms with E-state index in [0.717, 1.165) is 28.0 Å². The smallest absolute Gasteiger partial charge is 0.122 e. The predicted octanol–water partition coefficient (Wildman–Crippen LogP) is 3.90. The van der Waals surface area contributed by atoms with Crippen LogP contribution in [0.3, 0.4) is 0 Å². The Bertz CT molecular complexity index is 582. The van der Waals surface area contributed by atoms with Crippen LogP contribution in [0.1, 0.15) is 33.9 Å². The van der Waals surface area contributed by atoms with E-state index in [-0.39, 0.29) is 0 Å². The molecule has 0 aliphatic rings. The van der Waals surface area contributed by atoms with Gasteiger partial charge in [-0.25, -0.2) is 0 Å². The number of aliphatic hydroxyl groups is 1. The Labute approximate surface area is 121 Å². The van der Waals surface area contributed by atoms with Crippen LogP contribution in [0.15, 0.2) is 36.4 Å². The van der Waals surface area contributed by atoms with Gasteiger partial charge in [0.05, 0.1) is 13.2 Å². The number of ether oxygens (including phenoxy) is 1. The number of hydrogen-bond donors (Lipinski definition) is 1. The number of aryl methyl sites for hydroxylation is 3. The minimum atomic E-state index is -0.508. The van der Waals surface area contributed by atoms with Crippen molar-refractivity contribution >= 4 is 0 Å². The molecule has 2 rings (SSSR count). The zero-order valence-corrected chi connectivity index (χ0v) is 12.6. The predicted molar refractivity (Wildman–Crippen MR) is 82.3 cm³/mol. The summed E-state index contributed by atoms with van der Waals surface area (Å²) in [5, 5.41) is 10.6. The normalized spacial score (nSPS) is 12.2. The van der Waals surface area contributed by atoms with Crippen LogP contribution < -0.4 is 4.74 Å². The minimum Gasteiger partial charge on any atom is -0.496 e. The highest BCUT2D eigenvalue weighted by molar-refractivity contribution is 5.40. The van der Waals surface area contributed by atoms with Crippen LogP contribution in [0.4, 0.5) is 0 Å². The maximum Gasteiger partial charge on any atom is 0.122 e. The van der Waals surface area contributed by atoms with E-state index < -0.39 is 6.10 Å². The SMILES string of the molecule is COc1ccc(C)cc1CC(O)c1c(C)cccc1C. The van der Waals surface area contributed by atoms with Gasteiger partial charge >= 0.3 is 0 Å². The Morgan fingerprint density at radius 2 is 1.70 bits per heavy atom. The molecule has 0 aliphatic heterocycles. The Morgan fingerprint density at radius 1 is 1.05 bits per heavy atom. The minimum absolute atomic E-state index is 0.508. The maximum absolute atomic E-state index is 10.6. The van der Waals surface area contributed by atoms with Crippen molar-refractivity contribution in [2.45, 2.75) is 33.3 Å². The highest BCUT2D eigenvalue weighted by Gasteiger charge is 2.16. The molecule has 0 saturated carbocycles. The zero-order valence-electron chi connectivity index (χ0n) is 12.6. The lowest BCUT2D eigenvalue weighted by atomic mass is 9.93. The molecule has 0 spiro atoms. The van der Waals surface area contributed by atoms with Crippen LogP contribution in [0.5, 0.6) is 5.75 Å². The number of hydrogen-bond acceptors (Lipinski definition) is 2. The number of rotatable bonds is 4. The van der Waals surface area contributed by atoms with Gasteiger partial charge < -0.3 is 9.84 Å². The second kappa shape index (κ2) is 6.10. The summed E-state index contributed by atoms with van der Waals surface area (Å²) in [6, 6.07) is 12.2. The van der Waals surface area contributed by atoms with Crippen molar-refractivity contribution in [3.8, 4) is 5.75 Å². The summed E-state index contributed by atoms with van der Waals surface area (Å²) in [4.78, 5) is 0. The van der Waals surface area contributed by atoms with Crippen molar-refractivity contribution in [1.29, 1.82) is 0 Å². The van der Waals surface area contributed by atoms with Gasteiger partial charge in [-0.15, -0.1) is 0 Å². The molecule has 1 atom stereocenters. The summed E-state index contributed by atoms with van der Waals surface area (Å²) >= 11 is 0. The van der Waals surface area contributed by atoms with Crippen LogP contribution in [-0.2, 0) is 6.42 Å². The van der Waals surface area contributed by atoms with Gasteiger partial charge in [-0.3, -0.25) is 0 Å². The van der Waals surface area contributed by atoms with E-state index in [0.29, 0.717) is 6.42 Å². The van der Waals surface area contributed by atoms with Gasteiger partial charge in [0, 0.05) is 6.42 Å². The van der Waals surface area contributed by atoms with Crippen LogP contribution in [-0.4, -0.2) is 12.2 Å². The van der Waals surface area contributed by atoms with Gasteiger partial charge in [0.1, 0.15) is 5.75 Å². The van der Waals surface area contributed by atoms with Crippen molar-refractivity contribution in [3.05, 3.63) is 64.2 Å². The molecule has 0 aromatic heterocycles. The van der Waals surface area contributed by atoms with Crippen LogP contribution in [0.25, 0.3) is 0 Å². The largest absolute Gasteiger partial charge is 0.496 e. The zero-order chi connectivity index (χ0) is 14.7. The average Bonchev–Trinajstić information content (AvgIpc) is 2.38. The van der Waals surface area contributed by atoms with E-state index in [2.05, 4.69) is 6.07 Å². The number of methoxy groups -OCH3 is 1. The first-order valence-electron chi connectivity index (χ1n) is 6.90. The third-order valence-electron chi connectivity index (χ3n) is 3.72. The van der Waals surface area contributed by atoms with E-state index >= 15 is 0 Å². The Kier molecular flexibility index (Phi) is 4.46. The van der Waals surface area contributed by atoms with Crippen molar-refractivity contribution in [2.24, 2.45) is 0 Å². The summed E-state index contributed by atoms with van der Waals surface area (Å²) in [6.45, 7) is 6.13. The fourth-order valence-electron chi connectivity index (χ4n) is 2.73. The van der Waals surface area contributed by atoms with E-state index in [9.17, 15) is 5.11 Å². The molecule has 0 amide bonds. The fraction of sp³-hybridized carbons (Fsp3) is 0.333. The first-order valence-corrected chi connectivity index (χ1v) is 6.90. The summed E-state index contributed by atoms with van der Waals surface area (Å²) in [5.74, 6) is 0.834. The lowest BCUT2D eigenvalue weighted by Gasteiger charge is -2.18. The number of aliphatic hydroxyl groups excluding tert-OH is 1. The molecule has 0 bridgehead atoms. The van der Waals surface area contributed by atoms with Crippen molar-refractivity contribution in [2.75, 3.05) is 7.11 Å². The molecule has 2 aromatic carbocycles. The Balaban J connectivity index is 2.32. The third-order valence-corrected chi connectivity index (χ3v) is 3.72. The Hall–Kier alpha value is -1.80. The second-order valence-electron chi connectivity index (χ2n) is 5.34. The highest BCUT2D eigenvalue weighted by atomic mass is 16.5. The van der Waals surface area contributed by atoms with Crippen LogP contribution in [0, 0.1) is 20.8 Å². The molecule has 2 aromatic rings. The second-order valence-corrected chi connectivity index (χ2v) is 5.34. The van der Waals surface area contributed by atoms with Gasteiger partial charge in [-0.2, -0.15) is 0 Å². The molecule has 20 heavy (non-hydrogen) atoms. The molecular formula is C18H22O2. The summed E-state index contributed by atoms with van der Waals surface area (Å²) < 4.78 is 5.39. The molecule has 0 radical (unpaired) electrons. The summed E-state index contributed by atoms with van der Waals surface area (Å²) in [6.07, 6.45) is 0.0585. The molecule has 1 N–H and O–H groups in total. The molecule has 0 aliphatic carbocycles. The average molecular weight is 270 g/mol. The van der Waals surface area contributed by atoms with Gasteiger partial charge in [-0.05, 0) is 49.1 Å². The lowest BCUT2D eigenvalue weighted by molar-refractivity contribution is 0.176.